The van der Waals surface area contributed by atoms with Crippen molar-refractivity contribution >= 4 is 34.7 Å². The molecule has 3 aromatic heterocycles. The normalized spacial score (nSPS) is 17.7. The maximum Gasteiger partial charge on any atom is 0.295 e. The summed E-state index contributed by atoms with van der Waals surface area (Å²) in [5, 5.41) is 12.0. The number of rotatable bonds is 6. The minimum Gasteiger partial charge on any atom is -0.505 e. The summed E-state index contributed by atoms with van der Waals surface area (Å²) in [6.45, 7) is 2.74. The lowest BCUT2D eigenvalue weighted by Gasteiger charge is -2.25. The number of aromatic nitrogens is 4. The molecule has 0 aliphatic carbocycles. The van der Waals surface area contributed by atoms with E-state index in [0.717, 1.165) is 0 Å². The Morgan fingerprint density at radius 2 is 1.88 bits per heavy atom. The summed E-state index contributed by atoms with van der Waals surface area (Å²) in [6.07, 6.45) is 7.62. The van der Waals surface area contributed by atoms with Crippen LogP contribution in [0.15, 0.2) is 73.0 Å². The molecule has 0 saturated carbocycles. The van der Waals surface area contributed by atoms with E-state index in [1.54, 1.807) is 54.3 Å². The second-order valence-electron chi connectivity index (χ2n) is 8.17. The topological polar surface area (TPSA) is 92.7 Å². The third-order valence-electron chi connectivity index (χ3n) is 6.03. The van der Waals surface area contributed by atoms with Crippen molar-refractivity contribution in [2.45, 2.75) is 25.9 Å². The Morgan fingerprint density at radius 3 is 2.62 bits per heavy atom. The molecule has 4 heterocycles. The number of hydrogen-bond donors (Lipinski definition) is 1. The van der Waals surface area contributed by atoms with Gasteiger partial charge in [0.1, 0.15) is 11.3 Å². The number of Topliss-reactive ketones (excluding diaryl/α,β-unsaturated/α-hetero) is 1. The van der Waals surface area contributed by atoms with Crippen molar-refractivity contribution in [1.82, 2.24) is 23.8 Å². The molecule has 0 bridgehead atoms. The van der Waals surface area contributed by atoms with Crippen LogP contribution in [0.4, 0.5) is 0 Å². The average molecular weight is 476 g/mol. The molecule has 1 fully saturated rings. The molecule has 34 heavy (non-hydrogen) atoms. The van der Waals surface area contributed by atoms with Crippen LogP contribution in [0.2, 0.25) is 5.02 Å². The number of imidazole rings is 2. The number of carbonyl (C=O) groups excluding carboxylic acids is 2. The molecule has 9 heteroatoms. The highest BCUT2D eigenvalue weighted by atomic mass is 35.5. The smallest absolute Gasteiger partial charge is 0.295 e. The van der Waals surface area contributed by atoms with Gasteiger partial charge in [0.2, 0.25) is 0 Å². The number of aliphatic hydroxyl groups excluding tert-OH is 1. The van der Waals surface area contributed by atoms with E-state index in [-0.39, 0.29) is 11.3 Å². The molecule has 1 aromatic carbocycles. The first-order valence-corrected chi connectivity index (χ1v) is 11.3. The van der Waals surface area contributed by atoms with Crippen LogP contribution < -0.4 is 0 Å². The molecule has 1 atom stereocenters. The Bertz CT molecular complexity index is 1410. The molecule has 1 aliphatic rings. The summed E-state index contributed by atoms with van der Waals surface area (Å²) in [6, 6.07) is 11.7. The third-order valence-corrected chi connectivity index (χ3v) is 6.28. The number of ketones is 1. The molecule has 1 aliphatic heterocycles. The lowest BCUT2D eigenvalue weighted by atomic mass is 9.96. The van der Waals surface area contributed by atoms with Crippen molar-refractivity contribution in [3.8, 4) is 0 Å². The second kappa shape index (κ2) is 8.79. The highest BCUT2D eigenvalue weighted by Crippen LogP contribution is 2.40. The predicted molar refractivity (Wildman–Crippen MR) is 127 cm³/mol. The standard InChI is InChI=1S/C25H22ClN5O3/c1-16-21(30-12-3-2-5-19(30)28-16)23(32)20-22(17-6-8-18(26)9-7-17)31(25(34)24(20)33)13-4-11-29-14-10-27-15-29/h2-3,5-10,12,14-15,22,32H,4,11,13H2,1H3/b23-20-. The zero-order valence-corrected chi connectivity index (χ0v) is 19.2. The zero-order valence-electron chi connectivity index (χ0n) is 18.4. The highest BCUT2D eigenvalue weighted by Gasteiger charge is 2.46. The van der Waals surface area contributed by atoms with Crippen LogP contribution in [0.5, 0.6) is 0 Å². The van der Waals surface area contributed by atoms with Gasteiger partial charge in [-0.3, -0.25) is 14.0 Å². The SMILES string of the molecule is Cc1nc2ccccn2c1/C(O)=C1/C(=O)C(=O)N(CCCn2ccnc2)C1c1ccc(Cl)cc1. The number of benzene rings is 1. The summed E-state index contributed by atoms with van der Waals surface area (Å²) >= 11 is 6.09. The van der Waals surface area contributed by atoms with Crippen LogP contribution in [0.3, 0.4) is 0 Å². The Morgan fingerprint density at radius 1 is 1.09 bits per heavy atom. The number of fused-ring (bicyclic) bond motifs is 1. The third kappa shape index (κ3) is 3.76. The van der Waals surface area contributed by atoms with Gasteiger partial charge in [-0.15, -0.1) is 0 Å². The van der Waals surface area contributed by atoms with Gasteiger partial charge in [-0.25, -0.2) is 9.97 Å². The van der Waals surface area contributed by atoms with Gasteiger partial charge in [0, 0.05) is 36.7 Å². The fraction of sp³-hybridized carbons (Fsp3) is 0.200. The van der Waals surface area contributed by atoms with Gasteiger partial charge in [-0.2, -0.15) is 0 Å². The van der Waals surface area contributed by atoms with Crippen LogP contribution in [0.1, 0.15) is 29.4 Å². The number of pyridine rings is 1. The molecule has 0 spiro atoms. The summed E-state index contributed by atoms with van der Waals surface area (Å²) in [5.74, 6) is -1.60. The Hall–Kier alpha value is -3.91. The van der Waals surface area contributed by atoms with Crippen molar-refractivity contribution in [2.24, 2.45) is 0 Å². The number of aryl methyl sites for hydroxylation is 2. The van der Waals surface area contributed by atoms with E-state index in [4.69, 9.17) is 11.6 Å². The van der Waals surface area contributed by atoms with Gasteiger partial charge in [-0.05, 0) is 43.2 Å². The highest BCUT2D eigenvalue weighted by molar-refractivity contribution is 6.46. The number of aliphatic hydroxyl groups is 1. The summed E-state index contributed by atoms with van der Waals surface area (Å²) < 4.78 is 3.63. The molecule has 8 nitrogen and oxygen atoms in total. The van der Waals surface area contributed by atoms with Crippen molar-refractivity contribution in [2.75, 3.05) is 6.54 Å². The first kappa shape index (κ1) is 21.9. The van der Waals surface area contributed by atoms with E-state index in [2.05, 4.69) is 9.97 Å². The van der Waals surface area contributed by atoms with Gasteiger partial charge in [0.25, 0.3) is 11.7 Å². The average Bonchev–Trinajstić information content (AvgIpc) is 3.52. The van der Waals surface area contributed by atoms with Crippen LogP contribution in [-0.2, 0) is 16.1 Å². The molecular weight excluding hydrogens is 454 g/mol. The van der Waals surface area contributed by atoms with Crippen LogP contribution in [0, 0.1) is 6.92 Å². The number of nitrogens with zero attached hydrogens (tertiary/aromatic N) is 5. The lowest BCUT2D eigenvalue weighted by Crippen LogP contribution is -2.31. The summed E-state index contributed by atoms with van der Waals surface area (Å²) in [7, 11) is 0. The fourth-order valence-electron chi connectivity index (χ4n) is 4.47. The van der Waals surface area contributed by atoms with Crippen LogP contribution >= 0.6 is 11.6 Å². The minimum absolute atomic E-state index is 0.0451. The molecular formula is C25H22ClN5O3. The van der Waals surface area contributed by atoms with E-state index in [1.165, 1.54) is 4.90 Å². The molecule has 4 aromatic rings. The molecule has 1 saturated heterocycles. The van der Waals surface area contributed by atoms with Gasteiger partial charge in [0.05, 0.1) is 23.6 Å². The second-order valence-corrected chi connectivity index (χ2v) is 8.61. The lowest BCUT2D eigenvalue weighted by molar-refractivity contribution is -0.139. The van der Waals surface area contributed by atoms with Crippen molar-refractivity contribution in [1.29, 1.82) is 0 Å². The van der Waals surface area contributed by atoms with Crippen LogP contribution in [0.25, 0.3) is 11.4 Å². The molecule has 5 rings (SSSR count). The minimum atomic E-state index is -0.742. The molecule has 0 radical (unpaired) electrons. The Balaban J connectivity index is 1.60. The van der Waals surface area contributed by atoms with Crippen molar-refractivity contribution in [3.63, 3.8) is 0 Å². The molecule has 1 N–H and O–H groups in total. The first-order chi connectivity index (χ1) is 16.5. The quantitative estimate of drug-likeness (QED) is 0.258. The molecule has 1 amide bonds. The van der Waals surface area contributed by atoms with E-state index in [9.17, 15) is 14.7 Å². The maximum absolute atomic E-state index is 13.3. The Labute approximate surface area is 200 Å². The van der Waals surface area contributed by atoms with Gasteiger partial charge in [0.15, 0.2) is 5.76 Å². The monoisotopic (exact) mass is 475 g/mol. The number of carbonyl (C=O) groups is 2. The van der Waals surface area contributed by atoms with Crippen molar-refractivity contribution < 1.29 is 14.7 Å². The van der Waals surface area contributed by atoms with Gasteiger partial charge < -0.3 is 14.6 Å². The number of halogens is 1. The summed E-state index contributed by atoms with van der Waals surface area (Å²) in [4.78, 5) is 36.5. The number of hydrogen-bond acceptors (Lipinski definition) is 5. The molecule has 172 valence electrons. The summed E-state index contributed by atoms with van der Waals surface area (Å²) in [5.41, 5.74) is 2.33. The predicted octanol–water partition coefficient (Wildman–Crippen LogP) is 4.00. The fourth-order valence-corrected chi connectivity index (χ4v) is 4.60. The molecule has 1 unspecified atom stereocenters. The van der Waals surface area contributed by atoms with E-state index in [0.29, 0.717) is 47.1 Å². The number of likely N-dealkylation sites (tertiary alicyclic amines) is 1. The zero-order chi connectivity index (χ0) is 23.8. The number of amides is 1. The maximum atomic E-state index is 13.3. The van der Waals surface area contributed by atoms with E-state index >= 15 is 0 Å². The van der Waals surface area contributed by atoms with Gasteiger partial charge in [-0.1, -0.05) is 29.8 Å². The van der Waals surface area contributed by atoms with E-state index < -0.39 is 17.7 Å². The Kier molecular flexibility index (Phi) is 5.67. The van der Waals surface area contributed by atoms with Crippen molar-refractivity contribution in [3.05, 3.63) is 94.9 Å². The first-order valence-electron chi connectivity index (χ1n) is 10.9. The van der Waals surface area contributed by atoms with Crippen LogP contribution in [-0.4, -0.2) is 47.2 Å². The largest absolute Gasteiger partial charge is 0.505 e. The van der Waals surface area contributed by atoms with Gasteiger partial charge >= 0.3 is 0 Å². The van der Waals surface area contributed by atoms with E-state index in [1.807, 2.05) is 29.0 Å².